The van der Waals surface area contributed by atoms with Crippen LogP contribution in [0.1, 0.15) is 52.2 Å². The summed E-state index contributed by atoms with van der Waals surface area (Å²) in [5.41, 5.74) is 2.19. The standard InChI is InChI=1S/C16H23NO/c1-15(2,3)11-16(4,5)13-6-7-14(18)12(10-13)8-9-17/h6-7,10,18H,8,11H2,1-5H3. The molecular weight excluding hydrogens is 222 g/mol. The van der Waals surface area contributed by atoms with E-state index in [1.807, 2.05) is 12.1 Å². The average molecular weight is 245 g/mol. The van der Waals surface area contributed by atoms with Crippen molar-refractivity contribution in [3.63, 3.8) is 0 Å². The van der Waals surface area contributed by atoms with E-state index in [9.17, 15) is 5.11 Å². The highest BCUT2D eigenvalue weighted by molar-refractivity contribution is 5.40. The normalized spacial score (nSPS) is 12.2. The van der Waals surface area contributed by atoms with Crippen LogP contribution in [0, 0.1) is 16.7 Å². The van der Waals surface area contributed by atoms with Crippen molar-refractivity contribution in [3.05, 3.63) is 29.3 Å². The van der Waals surface area contributed by atoms with Crippen LogP contribution in [0.2, 0.25) is 0 Å². The lowest BCUT2D eigenvalue weighted by molar-refractivity contribution is 0.284. The number of hydrogen-bond donors (Lipinski definition) is 1. The summed E-state index contributed by atoms with van der Waals surface area (Å²) in [5.74, 6) is 0.215. The van der Waals surface area contributed by atoms with Crippen molar-refractivity contribution in [1.29, 1.82) is 5.26 Å². The number of phenolic OH excluding ortho intramolecular Hbond substituents is 1. The predicted molar refractivity (Wildman–Crippen MR) is 74.5 cm³/mol. The van der Waals surface area contributed by atoms with Gasteiger partial charge in [-0.2, -0.15) is 5.26 Å². The predicted octanol–water partition coefficient (Wildman–Crippen LogP) is 4.17. The summed E-state index contributed by atoms with van der Waals surface area (Å²) < 4.78 is 0. The van der Waals surface area contributed by atoms with Crippen LogP contribution in [-0.2, 0) is 11.8 Å². The number of benzene rings is 1. The highest BCUT2D eigenvalue weighted by Gasteiger charge is 2.27. The Morgan fingerprint density at radius 3 is 2.28 bits per heavy atom. The van der Waals surface area contributed by atoms with Gasteiger partial charge in [0.25, 0.3) is 0 Å². The van der Waals surface area contributed by atoms with Crippen molar-refractivity contribution in [3.8, 4) is 11.8 Å². The summed E-state index contributed by atoms with van der Waals surface area (Å²) in [4.78, 5) is 0. The molecule has 0 radical (unpaired) electrons. The molecule has 0 aliphatic carbocycles. The topological polar surface area (TPSA) is 44.0 Å². The van der Waals surface area contributed by atoms with E-state index in [1.54, 1.807) is 6.07 Å². The molecule has 0 fully saturated rings. The van der Waals surface area contributed by atoms with E-state index in [-0.39, 0.29) is 23.0 Å². The fourth-order valence-corrected chi connectivity index (χ4v) is 2.66. The van der Waals surface area contributed by atoms with Gasteiger partial charge in [0.1, 0.15) is 5.75 Å². The fraction of sp³-hybridized carbons (Fsp3) is 0.562. The highest BCUT2D eigenvalue weighted by Crippen LogP contribution is 2.37. The van der Waals surface area contributed by atoms with Crippen molar-refractivity contribution in [1.82, 2.24) is 0 Å². The van der Waals surface area contributed by atoms with Crippen LogP contribution in [0.15, 0.2) is 18.2 Å². The Hall–Kier alpha value is -1.49. The van der Waals surface area contributed by atoms with Gasteiger partial charge in [0.05, 0.1) is 12.5 Å². The summed E-state index contributed by atoms with van der Waals surface area (Å²) in [6, 6.07) is 7.72. The van der Waals surface area contributed by atoms with Crippen molar-refractivity contribution in [2.75, 3.05) is 0 Å². The summed E-state index contributed by atoms with van der Waals surface area (Å²) in [6.45, 7) is 11.1. The molecule has 1 N–H and O–H groups in total. The van der Waals surface area contributed by atoms with Gasteiger partial charge in [-0.3, -0.25) is 0 Å². The second-order valence-electron chi connectivity index (χ2n) is 6.80. The number of nitriles is 1. The van der Waals surface area contributed by atoms with Gasteiger partial charge >= 0.3 is 0 Å². The van der Waals surface area contributed by atoms with Crippen LogP contribution >= 0.6 is 0 Å². The Bertz CT molecular complexity index is 461. The SMILES string of the molecule is CC(C)(C)CC(C)(C)c1ccc(O)c(CC#N)c1. The third-order valence-corrected chi connectivity index (χ3v) is 3.10. The van der Waals surface area contributed by atoms with Gasteiger partial charge in [-0.1, -0.05) is 46.8 Å². The first kappa shape index (κ1) is 14.6. The molecule has 18 heavy (non-hydrogen) atoms. The van der Waals surface area contributed by atoms with Crippen molar-refractivity contribution in [2.45, 2.75) is 52.9 Å². The second-order valence-corrected chi connectivity index (χ2v) is 6.80. The molecule has 0 heterocycles. The van der Waals surface area contributed by atoms with E-state index in [2.05, 4.69) is 40.7 Å². The van der Waals surface area contributed by atoms with Gasteiger partial charge in [-0.25, -0.2) is 0 Å². The molecule has 2 nitrogen and oxygen atoms in total. The minimum atomic E-state index is 0.0379. The van der Waals surface area contributed by atoms with Gasteiger partial charge in [-0.15, -0.1) is 0 Å². The third-order valence-electron chi connectivity index (χ3n) is 3.10. The van der Waals surface area contributed by atoms with Gasteiger partial charge in [0.15, 0.2) is 0 Å². The van der Waals surface area contributed by atoms with E-state index < -0.39 is 0 Å². The lowest BCUT2D eigenvalue weighted by Crippen LogP contribution is -2.24. The maximum absolute atomic E-state index is 9.71. The largest absolute Gasteiger partial charge is 0.508 e. The Labute approximate surface area is 110 Å². The minimum absolute atomic E-state index is 0.0379. The van der Waals surface area contributed by atoms with Crippen LogP contribution in [0.5, 0.6) is 5.75 Å². The molecule has 0 aliphatic heterocycles. The fourth-order valence-electron chi connectivity index (χ4n) is 2.66. The average Bonchev–Trinajstić information content (AvgIpc) is 2.17. The maximum Gasteiger partial charge on any atom is 0.119 e. The summed E-state index contributed by atoms with van der Waals surface area (Å²) in [5, 5.41) is 18.5. The van der Waals surface area contributed by atoms with Crippen molar-refractivity contribution >= 4 is 0 Å². The third kappa shape index (κ3) is 3.77. The second kappa shape index (κ2) is 5.02. The monoisotopic (exact) mass is 245 g/mol. The molecule has 0 bridgehead atoms. The highest BCUT2D eigenvalue weighted by atomic mass is 16.3. The number of nitrogens with zero attached hydrogens (tertiary/aromatic N) is 1. The van der Waals surface area contributed by atoms with Crippen molar-refractivity contribution in [2.24, 2.45) is 5.41 Å². The van der Waals surface area contributed by atoms with Crippen molar-refractivity contribution < 1.29 is 5.11 Å². The molecule has 0 saturated carbocycles. The van der Waals surface area contributed by atoms with Crippen LogP contribution < -0.4 is 0 Å². The van der Waals surface area contributed by atoms with Crippen LogP contribution in [-0.4, -0.2) is 5.11 Å². The number of aromatic hydroxyl groups is 1. The molecule has 1 aromatic rings. The van der Waals surface area contributed by atoms with E-state index in [4.69, 9.17) is 5.26 Å². The molecule has 1 aromatic carbocycles. The molecule has 0 amide bonds. The summed E-state index contributed by atoms with van der Waals surface area (Å²) in [6.07, 6.45) is 1.31. The van der Waals surface area contributed by atoms with Crippen LogP contribution in [0.4, 0.5) is 0 Å². The molecular formula is C16H23NO. The Kier molecular flexibility index (Phi) is 4.06. The Morgan fingerprint density at radius 2 is 1.78 bits per heavy atom. The van der Waals surface area contributed by atoms with Crippen LogP contribution in [0.3, 0.4) is 0 Å². The van der Waals surface area contributed by atoms with Gasteiger partial charge < -0.3 is 5.11 Å². The zero-order chi connectivity index (χ0) is 14.0. The molecule has 2 heteroatoms. The maximum atomic E-state index is 9.71. The molecule has 0 atom stereocenters. The molecule has 98 valence electrons. The summed E-state index contributed by atoms with van der Waals surface area (Å²) in [7, 11) is 0. The van der Waals surface area contributed by atoms with E-state index in [0.717, 1.165) is 12.0 Å². The Balaban J connectivity index is 3.10. The minimum Gasteiger partial charge on any atom is -0.508 e. The first-order chi connectivity index (χ1) is 8.15. The van der Waals surface area contributed by atoms with E-state index >= 15 is 0 Å². The van der Waals surface area contributed by atoms with E-state index in [0.29, 0.717) is 0 Å². The van der Waals surface area contributed by atoms with Crippen LogP contribution in [0.25, 0.3) is 0 Å². The lowest BCUT2D eigenvalue weighted by Gasteiger charge is -2.33. The first-order valence-corrected chi connectivity index (χ1v) is 6.35. The molecule has 1 rings (SSSR count). The molecule has 0 aromatic heterocycles. The van der Waals surface area contributed by atoms with Gasteiger partial charge in [0, 0.05) is 5.56 Å². The van der Waals surface area contributed by atoms with Gasteiger partial charge in [0.2, 0.25) is 0 Å². The quantitative estimate of drug-likeness (QED) is 0.868. The summed E-state index contributed by atoms with van der Waals surface area (Å²) >= 11 is 0. The first-order valence-electron chi connectivity index (χ1n) is 6.35. The Morgan fingerprint density at radius 1 is 1.17 bits per heavy atom. The smallest absolute Gasteiger partial charge is 0.119 e. The number of rotatable bonds is 3. The molecule has 0 aliphatic rings. The lowest BCUT2D eigenvalue weighted by atomic mass is 9.72. The zero-order valence-electron chi connectivity index (χ0n) is 12.0. The number of hydrogen-bond acceptors (Lipinski definition) is 2. The number of phenols is 1. The molecule has 0 unspecified atom stereocenters. The zero-order valence-corrected chi connectivity index (χ0v) is 12.0. The van der Waals surface area contributed by atoms with Gasteiger partial charge in [-0.05, 0) is 28.9 Å². The molecule has 0 spiro atoms. The molecule has 0 saturated heterocycles. The van der Waals surface area contributed by atoms with E-state index in [1.165, 1.54) is 5.56 Å².